The quantitative estimate of drug-likeness (QED) is 0.213. The zero-order valence-corrected chi connectivity index (χ0v) is 31.4. The number of amides is 3. The number of nitrogens with one attached hydrogen (secondary N) is 1. The highest BCUT2D eigenvalue weighted by Crippen LogP contribution is 2.38. The lowest BCUT2D eigenvalue weighted by atomic mass is 9.94. The summed E-state index contributed by atoms with van der Waals surface area (Å²) in [7, 11) is 3.57. The molecule has 0 spiro atoms. The van der Waals surface area contributed by atoms with Crippen LogP contribution in [0.5, 0.6) is 5.75 Å². The average molecular weight is 753 g/mol. The number of rotatable bonds is 12. The summed E-state index contributed by atoms with van der Waals surface area (Å²) in [6, 6.07) is 7.04. The fraction of sp³-hybridized carbons (Fsp3) is 0.500. The highest BCUT2D eigenvalue weighted by atomic mass is 32.2. The van der Waals surface area contributed by atoms with Crippen LogP contribution >= 0.6 is 11.8 Å². The Labute approximate surface area is 311 Å². The molecule has 14 nitrogen and oxygen atoms in total. The molecule has 1 N–H and O–H groups in total. The maximum absolute atomic E-state index is 13.6. The minimum Gasteiger partial charge on any atom is -0.434 e. The van der Waals surface area contributed by atoms with E-state index in [1.165, 1.54) is 39.4 Å². The third-order valence-corrected chi connectivity index (χ3v) is 10.8. The number of piperidine rings is 1. The van der Waals surface area contributed by atoms with Gasteiger partial charge in [-0.05, 0) is 63.1 Å². The largest absolute Gasteiger partial charge is 0.434 e. The van der Waals surface area contributed by atoms with Crippen molar-refractivity contribution < 1.29 is 27.9 Å². The van der Waals surface area contributed by atoms with E-state index in [0.29, 0.717) is 37.2 Å². The summed E-state index contributed by atoms with van der Waals surface area (Å²) in [6.45, 7) is 5.48. The normalized spacial score (nSPS) is 18.8. The predicted molar refractivity (Wildman–Crippen MR) is 197 cm³/mol. The molecule has 4 aromatic rings. The van der Waals surface area contributed by atoms with Crippen LogP contribution in [0.2, 0.25) is 0 Å². The Morgan fingerprint density at radius 2 is 1.81 bits per heavy atom. The van der Waals surface area contributed by atoms with Crippen molar-refractivity contribution in [2.45, 2.75) is 56.8 Å². The van der Waals surface area contributed by atoms with Crippen LogP contribution in [0.15, 0.2) is 53.9 Å². The Kier molecular flexibility index (Phi) is 11.9. The van der Waals surface area contributed by atoms with Crippen molar-refractivity contribution in [3.8, 4) is 17.0 Å². The van der Waals surface area contributed by atoms with Gasteiger partial charge in [-0.1, -0.05) is 0 Å². The molecule has 0 aliphatic carbocycles. The number of hydrogen-bond acceptors (Lipinski definition) is 10. The van der Waals surface area contributed by atoms with Crippen LogP contribution in [-0.4, -0.2) is 140 Å². The number of ether oxygens (including phenoxy) is 1. The van der Waals surface area contributed by atoms with Crippen molar-refractivity contribution in [3.05, 3.63) is 54.6 Å². The van der Waals surface area contributed by atoms with E-state index in [0.717, 1.165) is 37.4 Å². The number of carbonyl (C=O) groups excluding carboxylic acids is 3. The molecule has 0 saturated carbocycles. The number of likely N-dealkylation sites (tertiary alicyclic amines) is 1. The fourth-order valence-electron chi connectivity index (χ4n) is 6.98. The van der Waals surface area contributed by atoms with Crippen molar-refractivity contribution in [3.63, 3.8) is 0 Å². The first kappa shape index (κ1) is 38.1. The summed E-state index contributed by atoms with van der Waals surface area (Å²) in [5, 5.41) is 11.7. The zero-order valence-electron chi connectivity index (χ0n) is 30.6. The van der Waals surface area contributed by atoms with Gasteiger partial charge in [-0.2, -0.15) is 19.0 Å². The number of thioether (sulfide) groups is 1. The second-order valence-electron chi connectivity index (χ2n) is 13.9. The Morgan fingerprint density at radius 1 is 1.08 bits per heavy atom. The molecule has 0 unspecified atom stereocenters. The molecule has 53 heavy (non-hydrogen) atoms. The molecule has 2 aliphatic rings. The number of alkyl halides is 2. The van der Waals surface area contributed by atoms with Crippen LogP contribution < -0.4 is 10.1 Å². The van der Waals surface area contributed by atoms with Crippen LogP contribution in [0, 0.1) is 5.92 Å². The number of aromatic nitrogens is 5. The molecular formula is C36H46F2N10O4S. The monoisotopic (exact) mass is 752 g/mol. The van der Waals surface area contributed by atoms with E-state index in [2.05, 4.69) is 44.1 Å². The molecule has 17 heteroatoms. The van der Waals surface area contributed by atoms with Crippen molar-refractivity contribution in [2.75, 3.05) is 64.9 Å². The highest BCUT2D eigenvalue weighted by Gasteiger charge is 2.33. The molecule has 2 atom stereocenters. The van der Waals surface area contributed by atoms with E-state index in [1.807, 2.05) is 11.2 Å². The first-order valence-electron chi connectivity index (χ1n) is 17.7. The third-order valence-electron chi connectivity index (χ3n) is 10.0. The van der Waals surface area contributed by atoms with Crippen LogP contribution in [0.4, 0.5) is 14.5 Å². The molecule has 284 valence electrons. The van der Waals surface area contributed by atoms with Crippen molar-refractivity contribution in [1.82, 2.24) is 44.0 Å². The summed E-state index contributed by atoms with van der Waals surface area (Å²) < 4.78 is 34.7. The molecule has 0 bridgehead atoms. The predicted octanol–water partition coefficient (Wildman–Crippen LogP) is 3.89. The van der Waals surface area contributed by atoms with Crippen LogP contribution in [-0.2, 0) is 16.1 Å². The molecular weight excluding hydrogens is 707 g/mol. The molecule has 2 aliphatic heterocycles. The number of hydrogen-bond donors (Lipinski definition) is 1. The second-order valence-corrected chi connectivity index (χ2v) is 14.8. The van der Waals surface area contributed by atoms with Crippen LogP contribution in [0.1, 0.15) is 37.0 Å². The minimum absolute atomic E-state index is 0.109. The molecule has 2 fully saturated rings. The van der Waals surface area contributed by atoms with Crippen LogP contribution in [0.25, 0.3) is 16.9 Å². The lowest BCUT2D eigenvalue weighted by molar-refractivity contribution is -0.134. The molecule has 3 aromatic heterocycles. The van der Waals surface area contributed by atoms with Crippen LogP contribution in [0.3, 0.4) is 0 Å². The number of likely N-dealkylation sites (N-methyl/N-ethyl adjacent to an activating group) is 1. The summed E-state index contributed by atoms with van der Waals surface area (Å²) in [5.41, 5.74) is 1.17. The maximum atomic E-state index is 13.6. The first-order valence-corrected chi connectivity index (χ1v) is 18.9. The smallest absolute Gasteiger partial charge is 0.387 e. The van der Waals surface area contributed by atoms with E-state index in [9.17, 15) is 23.2 Å². The Bertz CT molecular complexity index is 1930. The number of halogens is 2. The number of carbonyl (C=O) groups is 3. The molecule has 3 amide bonds. The van der Waals surface area contributed by atoms with E-state index in [1.54, 1.807) is 49.6 Å². The summed E-state index contributed by atoms with van der Waals surface area (Å²) in [6.07, 6.45) is 9.72. The zero-order chi connectivity index (χ0) is 37.8. The Balaban J connectivity index is 1.14. The number of benzene rings is 1. The lowest BCUT2D eigenvalue weighted by Crippen LogP contribution is -2.59. The highest BCUT2D eigenvalue weighted by molar-refractivity contribution is 7.98. The van der Waals surface area contributed by atoms with E-state index in [4.69, 9.17) is 4.74 Å². The van der Waals surface area contributed by atoms with Crippen molar-refractivity contribution >= 4 is 40.8 Å². The van der Waals surface area contributed by atoms with Gasteiger partial charge in [0.1, 0.15) is 23.6 Å². The summed E-state index contributed by atoms with van der Waals surface area (Å²) >= 11 is 1.41. The van der Waals surface area contributed by atoms with Gasteiger partial charge in [0, 0.05) is 88.0 Å². The van der Waals surface area contributed by atoms with E-state index >= 15 is 0 Å². The molecule has 0 radical (unpaired) electrons. The van der Waals surface area contributed by atoms with Gasteiger partial charge in [-0.3, -0.25) is 28.9 Å². The van der Waals surface area contributed by atoms with Crippen molar-refractivity contribution in [2.24, 2.45) is 5.92 Å². The van der Waals surface area contributed by atoms with E-state index in [-0.39, 0.29) is 52.7 Å². The van der Waals surface area contributed by atoms with E-state index < -0.39 is 12.5 Å². The van der Waals surface area contributed by atoms with Gasteiger partial charge >= 0.3 is 6.61 Å². The van der Waals surface area contributed by atoms with Gasteiger partial charge in [0.15, 0.2) is 5.65 Å². The topological polar surface area (TPSA) is 133 Å². The van der Waals surface area contributed by atoms with Gasteiger partial charge in [0.05, 0.1) is 18.4 Å². The SMILES string of the molecule is CSc1ccc(OC(F)F)c(-c2nn(CC(=O)N3CCC(CN4C[C@@H](C)N(CC(=O)N(C)C)C[C@@H]4C)CC3)cc2NC(=O)c2cnn3cccnc23)c1. The minimum atomic E-state index is -3.08. The second kappa shape index (κ2) is 16.6. The number of piperazine rings is 1. The van der Waals surface area contributed by atoms with Gasteiger partial charge in [-0.25, -0.2) is 9.50 Å². The van der Waals surface area contributed by atoms with Gasteiger partial charge in [0.25, 0.3) is 5.91 Å². The standard InChI is InChI=1S/C36H46F2N10O4S/c1-23-18-46(21-31(49)43(3)4)24(2)17-45(23)19-25-9-13-44(14-10-25)32(50)22-47-20-29(41-35(51)28-16-40-48-12-6-11-39-34(28)48)33(42-47)27-15-26(53-5)7-8-30(27)52-36(37)38/h6-8,11-12,15-16,20,23-25,36H,9-10,13-14,17-19,21-22H2,1-5H3,(H,41,51)/t23-,24+/m0/s1. The number of fused-ring (bicyclic) bond motifs is 1. The Hall–Kier alpha value is -4.61. The lowest BCUT2D eigenvalue weighted by Gasteiger charge is -2.46. The number of nitrogens with zero attached hydrogens (tertiary/aromatic N) is 9. The third kappa shape index (κ3) is 8.96. The van der Waals surface area contributed by atoms with Gasteiger partial charge < -0.3 is 19.9 Å². The average Bonchev–Trinajstić information content (AvgIpc) is 3.74. The molecule has 1 aromatic carbocycles. The summed E-state index contributed by atoms with van der Waals surface area (Å²) in [4.78, 5) is 52.8. The van der Waals surface area contributed by atoms with Gasteiger partial charge in [-0.15, -0.1) is 11.8 Å². The fourth-order valence-corrected chi connectivity index (χ4v) is 7.42. The van der Waals surface area contributed by atoms with Gasteiger partial charge in [0.2, 0.25) is 11.8 Å². The molecule has 6 rings (SSSR count). The molecule has 2 saturated heterocycles. The summed E-state index contributed by atoms with van der Waals surface area (Å²) in [5.74, 6) is -0.231. The first-order chi connectivity index (χ1) is 25.4. The van der Waals surface area contributed by atoms with Crippen molar-refractivity contribution in [1.29, 1.82) is 0 Å². The molecule has 5 heterocycles. The number of anilines is 1. The Morgan fingerprint density at radius 3 is 2.53 bits per heavy atom. The maximum Gasteiger partial charge on any atom is 0.387 e.